The fourth-order valence-corrected chi connectivity index (χ4v) is 6.80. The predicted octanol–water partition coefficient (Wildman–Crippen LogP) is 4.18. The van der Waals surface area contributed by atoms with Crippen LogP contribution in [0.2, 0.25) is 0 Å². The second-order valence-electron chi connectivity index (χ2n) is 7.47. The Bertz CT molecular complexity index is 1470. The highest BCUT2D eigenvalue weighted by Gasteiger charge is 2.19. The second kappa shape index (κ2) is 12.3. The monoisotopic (exact) mass is 560 g/mol. The van der Waals surface area contributed by atoms with Crippen molar-refractivity contribution >= 4 is 39.4 Å². The number of methoxy groups -OCH3 is 2. The van der Waals surface area contributed by atoms with Crippen LogP contribution in [0.15, 0.2) is 107 Å². The quantitative estimate of drug-likeness (QED) is 0.255. The number of ether oxygens (including phenoxy) is 2. The Labute approximate surface area is 218 Å². The van der Waals surface area contributed by atoms with Crippen molar-refractivity contribution in [1.82, 2.24) is 0 Å². The lowest BCUT2D eigenvalue weighted by Crippen LogP contribution is -2.17. The molecule has 0 heterocycles. The number of hydrogen-bond donors (Lipinski definition) is 2. The SMILES string of the molecule is COc1ccccc1-c1ccccc1OC.O=S(=O)(O)c1ccccc1Pc1ccccc1S(=O)(=O)O. The highest BCUT2D eigenvalue weighted by Crippen LogP contribution is 2.35. The van der Waals surface area contributed by atoms with Crippen LogP contribution in [0.5, 0.6) is 11.5 Å². The van der Waals surface area contributed by atoms with E-state index in [-0.39, 0.29) is 29.0 Å². The Morgan fingerprint density at radius 1 is 0.541 bits per heavy atom. The van der Waals surface area contributed by atoms with E-state index in [9.17, 15) is 25.9 Å². The van der Waals surface area contributed by atoms with Crippen molar-refractivity contribution < 1.29 is 35.4 Å². The number of hydrogen-bond acceptors (Lipinski definition) is 6. The van der Waals surface area contributed by atoms with Gasteiger partial charge in [0.25, 0.3) is 20.2 Å². The number of para-hydroxylation sites is 2. The molecular formula is C26H25O8PS2. The van der Waals surface area contributed by atoms with E-state index in [0.29, 0.717) is 0 Å². The molecule has 2 N–H and O–H groups in total. The maximum absolute atomic E-state index is 11.3. The van der Waals surface area contributed by atoms with Crippen LogP contribution in [0.3, 0.4) is 0 Å². The molecule has 0 aliphatic heterocycles. The van der Waals surface area contributed by atoms with E-state index in [1.54, 1.807) is 26.4 Å². The van der Waals surface area contributed by atoms with Gasteiger partial charge in [-0.1, -0.05) is 81.4 Å². The van der Waals surface area contributed by atoms with Gasteiger partial charge in [-0.05, 0) is 34.9 Å². The first kappa shape index (κ1) is 28.3. The minimum Gasteiger partial charge on any atom is -0.496 e. The summed E-state index contributed by atoms with van der Waals surface area (Å²) in [5.74, 6) is 1.71. The zero-order valence-electron chi connectivity index (χ0n) is 19.9. The molecule has 11 heteroatoms. The van der Waals surface area contributed by atoms with Crippen LogP contribution in [-0.4, -0.2) is 40.2 Å². The first-order valence-corrected chi connectivity index (χ1v) is 14.6. The topological polar surface area (TPSA) is 127 Å². The molecule has 0 fully saturated rings. The van der Waals surface area contributed by atoms with Crippen molar-refractivity contribution in [1.29, 1.82) is 0 Å². The molecule has 0 unspecified atom stereocenters. The van der Waals surface area contributed by atoms with Crippen molar-refractivity contribution in [3.63, 3.8) is 0 Å². The van der Waals surface area contributed by atoms with Gasteiger partial charge in [0.1, 0.15) is 21.3 Å². The van der Waals surface area contributed by atoms with E-state index < -0.39 is 20.2 Å². The van der Waals surface area contributed by atoms with Gasteiger partial charge in [-0.3, -0.25) is 9.11 Å². The second-order valence-corrected chi connectivity index (χ2v) is 11.6. The summed E-state index contributed by atoms with van der Waals surface area (Å²) in [6.07, 6.45) is 0. The lowest BCUT2D eigenvalue weighted by atomic mass is 10.0. The van der Waals surface area contributed by atoms with Gasteiger partial charge >= 0.3 is 0 Å². The lowest BCUT2D eigenvalue weighted by molar-refractivity contribution is 0.410. The van der Waals surface area contributed by atoms with Crippen LogP contribution in [0.4, 0.5) is 0 Å². The summed E-state index contributed by atoms with van der Waals surface area (Å²) < 4.78 is 74.3. The average molecular weight is 561 g/mol. The number of benzene rings is 4. The van der Waals surface area contributed by atoms with Crippen molar-refractivity contribution in [3.8, 4) is 22.6 Å². The van der Waals surface area contributed by atoms with E-state index in [1.165, 1.54) is 36.4 Å². The van der Waals surface area contributed by atoms with Crippen LogP contribution in [0, 0.1) is 0 Å². The van der Waals surface area contributed by atoms with Crippen molar-refractivity contribution in [2.45, 2.75) is 9.79 Å². The van der Waals surface area contributed by atoms with Gasteiger partial charge in [-0.25, -0.2) is 0 Å². The molecule has 37 heavy (non-hydrogen) atoms. The van der Waals surface area contributed by atoms with Crippen molar-refractivity contribution in [3.05, 3.63) is 97.1 Å². The molecule has 0 radical (unpaired) electrons. The van der Waals surface area contributed by atoms with Crippen molar-refractivity contribution in [2.75, 3.05) is 14.2 Å². The van der Waals surface area contributed by atoms with Crippen molar-refractivity contribution in [2.24, 2.45) is 0 Å². The summed E-state index contributed by atoms with van der Waals surface area (Å²) in [7, 11) is -5.82. The minimum atomic E-state index is -4.41. The van der Waals surface area contributed by atoms with Crippen LogP contribution >= 0.6 is 8.58 Å². The molecule has 8 nitrogen and oxygen atoms in total. The van der Waals surface area contributed by atoms with E-state index in [4.69, 9.17) is 9.47 Å². The summed E-state index contributed by atoms with van der Waals surface area (Å²) in [5, 5.41) is 0.521. The first-order valence-electron chi connectivity index (χ1n) is 10.7. The molecule has 0 atom stereocenters. The number of rotatable bonds is 7. The minimum absolute atomic E-state index is 0.260. The normalized spacial score (nSPS) is 11.2. The standard InChI is InChI=1S/C14H14O2.C12H11O6PS2/c1-15-13-9-5-3-7-11(13)12-8-4-6-10-14(12)16-2;13-20(14,15)11-7-3-1-5-9(11)19-10-6-2-4-8-12(10)21(16,17)18/h3-10H,1-2H3;1-8,19H,(H,13,14,15)(H,16,17,18). The Morgan fingerprint density at radius 3 is 1.22 bits per heavy atom. The van der Waals surface area contributed by atoms with Crippen LogP contribution in [-0.2, 0) is 20.2 Å². The molecule has 0 aliphatic rings. The van der Waals surface area contributed by atoms with Gasteiger partial charge in [-0.15, -0.1) is 0 Å². The van der Waals surface area contributed by atoms with Gasteiger partial charge in [0.15, 0.2) is 0 Å². The van der Waals surface area contributed by atoms with Gasteiger partial charge in [-0.2, -0.15) is 16.8 Å². The van der Waals surface area contributed by atoms with E-state index in [2.05, 4.69) is 0 Å². The van der Waals surface area contributed by atoms with Crippen LogP contribution in [0.1, 0.15) is 0 Å². The molecule has 0 aliphatic carbocycles. The molecule has 0 saturated heterocycles. The first-order chi connectivity index (χ1) is 17.6. The molecule has 0 bridgehead atoms. The molecule has 0 saturated carbocycles. The predicted molar refractivity (Wildman–Crippen MR) is 145 cm³/mol. The fraction of sp³-hybridized carbons (Fsp3) is 0.0769. The van der Waals surface area contributed by atoms with Crippen LogP contribution < -0.4 is 20.1 Å². The highest BCUT2D eigenvalue weighted by molar-refractivity contribution is 7.87. The van der Waals surface area contributed by atoms with E-state index in [0.717, 1.165) is 22.6 Å². The third-order valence-corrected chi connectivity index (χ3v) is 8.70. The summed E-state index contributed by atoms with van der Waals surface area (Å²) in [6, 6.07) is 27.3. The smallest absolute Gasteiger partial charge is 0.295 e. The third kappa shape index (κ3) is 7.38. The Hall–Kier alpha value is -3.27. The molecule has 4 aromatic rings. The summed E-state index contributed by atoms with van der Waals surface area (Å²) in [6.45, 7) is 0. The Kier molecular flexibility index (Phi) is 9.42. The maximum atomic E-state index is 11.3. The Balaban J connectivity index is 0.000000213. The lowest BCUT2D eigenvalue weighted by Gasteiger charge is -2.11. The molecule has 4 aromatic carbocycles. The highest BCUT2D eigenvalue weighted by atomic mass is 32.2. The molecule has 0 spiro atoms. The molecule has 194 valence electrons. The van der Waals surface area contributed by atoms with Gasteiger partial charge in [0.2, 0.25) is 0 Å². The zero-order chi connectivity index (χ0) is 27.1. The van der Waals surface area contributed by atoms with Gasteiger partial charge in [0, 0.05) is 11.1 Å². The Morgan fingerprint density at radius 2 is 0.865 bits per heavy atom. The van der Waals surface area contributed by atoms with Gasteiger partial charge in [0.05, 0.1) is 14.2 Å². The molecular weight excluding hydrogens is 535 g/mol. The van der Waals surface area contributed by atoms with Crippen LogP contribution in [0.25, 0.3) is 11.1 Å². The summed E-state index contributed by atoms with van der Waals surface area (Å²) >= 11 is 0. The third-order valence-electron chi connectivity index (χ3n) is 5.10. The summed E-state index contributed by atoms with van der Waals surface area (Å²) in [5.41, 5.74) is 2.09. The van der Waals surface area contributed by atoms with Gasteiger partial charge < -0.3 is 9.47 Å². The molecule has 4 rings (SSSR count). The average Bonchev–Trinajstić information content (AvgIpc) is 2.88. The fourth-order valence-electron chi connectivity index (χ4n) is 3.47. The molecule has 0 aromatic heterocycles. The maximum Gasteiger partial charge on any atom is 0.295 e. The zero-order valence-corrected chi connectivity index (χ0v) is 22.5. The summed E-state index contributed by atoms with van der Waals surface area (Å²) in [4.78, 5) is -0.568. The molecule has 0 amide bonds. The van der Waals surface area contributed by atoms with E-state index >= 15 is 0 Å². The van der Waals surface area contributed by atoms with E-state index in [1.807, 2.05) is 48.5 Å². The largest absolute Gasteiger partial charge is 0.496 e.